The monoisotopic (exact) mass is 357 g/mol. The van der Waals surface area contributed by atoms with E-state index in [4.69, 9.17) is 4.74 Å². The quantitative estimate of drug-likeness (QED) is 0.809. The van der Waals surface area contributed by atoms with Crippen molar-refractivity contribution in [1.29, 1.82) is 0 Å². The van der Waals surface area contributed by atoms with Crippen LogP contribution in [0.3, 0.4) is 0 Å². The summed E-state index contributed by atoms with van der Waals surface area (Å²) in [7, 11) is 0. The number of rotatable bonds is 4. The van der Waals surface area contributed by atoms with Crippen molar-refractivity contribution in [3.63, 3.8) is 0 Å². The van der Waals surface area contributed by atoms with Gasteiger partial charge in [-0.1, -0.05) is 17.7 Å². The molecule has 132 valence electrons. The van der Waals surface area contributed by atoms with Gasteiger partial charge in [0, 0.05) is 10.4 Å². The van der Waals surface area contributed by atoms with E-state index in [0.717, 1.165) is 42.4 Å². The minimum absolute atomic E-state index is 0.179. The van der Waals surface area contributed by atoms with Gasteiger partial charge in [0.2, 0.25) is 0 Å². The highest BCUT2D eigenvalue weighted by Gasteiger charge is 2.27. The number of carbonyl (C=O) groups is 2. The number of esters is 1. The molecule has 0 radical (unpaired) electrons. The van der Waals surface area contributed by atoms with Crippen LogP contribution >= 0.6 is 11.3 Å². The van der Waals surface area contributed by atoms with Crippen LogP contribution in [0.15, 0.2) is 18.2 Å². The summed E-state index contributed by atoms with van der Waals surface area (Å²) in [6, 6.07) is 5.74. The van der Waals surface area contributed by atoms with E-state index in [9.17, 15) is 9.59 Å². The number of aryl methyl sites for hydroxylation is 3. The zero-order valence-corrected chi connectivity index (χ0v) is 15.7. The average Bonchev–Trinajstić information content (AvgIpc) is 2.92. The Bertz CT molecular complexity index is 823. The number of amides is 1. The molecule has 0 unspecified atom stereocenters. The molecular weight excluding hydrogens is 334 g/mol. The minimum Gasteiger partial charge on any atom is -0.462 e. The molecule has 3 rings (SSSR count). The molecule has 0 fully saturated rings. The van der Waals surface area contributed by atoms with Gasteiger partial charge in [0.15, 0.2) is 0 Å². The molecule has 0 bridgehead atoms. The van der Waals surface area contributed by atoms with Crippen molar-refractivity contribution in [1.82, 2.24) is 0 Å². The summed E-state index contributed by atoms with van der Waals surface area (Å²) in [5.74, 6) is -0.514. The second kappa shape index (κ2) is 7.40. The van der Waals surface area contributed by atoms with Crippen molar-refractivity contribution in [3.8, 4) is 0 Å². The van der Waals surface area contributed by atoms with Crippen molar-refractivity contribution in [2.45, 2.75) is 46.5 Å². The Morgan fingerprint density at radius 1 is 1.20 bits per heavy atom. The van der Waals surface area contributed by atoms with Crippen molar-refractivity contribution in [2.75, 3.05) is 11.9 Å². The van der Waals surface area contributed by atoms with E-state index in [1.807, 2.05) is 32.0 Å². The number of hydrogen-bond donors (Lipinski definition) is 1. The smallest absolute Gasteiger partial charge is 0.341 e. The fourth-order valence-electron chi connectivity index (χ4n) is 3.31. The zero-order valence-electron chi connectivity index (χ0n) is 14.9. The van der Waals surface area contributed by atoms with E-state index in [1.165, 1.54) is 16.2 Å². The SMILES string of the molecule is CCOC(=O)c1c(NC(=O)c2ccc(C)cc2C)sc2c1CCCC2. The second-order valence-corrected chi connectivity index (χ2v) is 7.51. The molecule has 1 aromatic heterocycles. The summed E-state index contributed by atoms with van der Waals surface area (Å²) >= 11 is 1.52. The Morgan fingerprint density at radius 2 is 1.96 bits per heavy atom. The van der Waals surface area contributed by atoms with Crippen LogP contribution in [0.25, 0.3) is 0 Å². The summed E-state index contributed by atoms with van der Waals surface area (Å²) in [4.78, 5) is 26.4. The number of fused-ring (bicyclic) bond motifs is 1. The fourth-order valence-corrected chi connectivity index (χ4v) is 4.58. The highest BCUT2D eigenvalue weighted by atomic mass is 32.1. The lowest BCUT2D eigenvalue weighted by Crippen LogP contribution is -2.16. The van der Waals surface area contributed by atoms with Gasteiger partial charge in [-0.3, -0.25) is 4.79 Å². The maximum atomic E-state index is 12.7. The standard InChI is InChI=1S/C20H23NO3S/c1-4-24-20(23)17-15-7-5-6-8-16(15)25-19(17)21-18(22)14-10-9-12(2)11-13(14)3/h9-11H,4-8H2,1-3H3,(H,21,22). The summed E-state index contributed by atoms with van der Waals surface area (Å²) < 4.78 is 5.24. The maximum absolute atomic E-state index is 12.7. The molecule has 1 heterocycles. The highest BCUT2D eigenvalue weighted by molar-refractivity contribution is 7.17. The molecule has 0 saturated heterocycles. The second-order valence-electron chi connectivity index (χ2n) is 6.41. The van der Waals surface area contributed by atoms with Crippen molar-refractivity contribution in [3.05, 3.63) is 50.9 Å². The van der Waals surface area contributed by atoms with Crippen LogP contribution in [-0.4, -0.2) is 18.5 Å². The summed E-state index contributed by atoms with van der Waals surface area (Å²) in [5.41, 5.74) is 4.29. The Kier molecular flexibility index (Phi) is 5.23. The van der Waals surface area contributed by atoms with Crippen molar-refractivity contribution in [2.24, 2.45) is 0 Å². The summed E-state index contributed by atoms with van der Waals surface area (Å²) in [6.45, 7) is 6.05. The van der Waals surface area contributed by atoms with Gasteiger partial charge >= 0.3 is 5.97 Å². The van der Waals surface area contributed by atoms with Gasteiger partial charge in [0.1, 0.15) is 5.00 Å². The van der Waals surface area contributed by atoms with Crippen LogP contribution in [0.5, 0.6) is 0 Å². The normalized spacial score (nSPS) is 13.2. The van der Waals surface area contributed by atoms with Gasteiger partial charge in [0.05, 0.1) is 12.2 Å². The third-order valence-electron chi connectivity index (χ3n) is 4.50. The number of nitrogens with one attached hydrogen (secondary N) is 1. The molecule has 2 aromatic rings. The van der Waals surface area contributed by atoms with Crippen LogP contribution in [0.1, 0.15) is 62.0 Å². The first kappa shape index (κ1) is 17.7. The molecule has 0 atom stereocenters. The molecule has 1 aliphatic rings. The zero-order chi connectivity index (χ0) is 18.0. The molecule has 4 nitrogen and oxygen atoms in total. The predicted molar refractivity (Wildman–Crippen MR) is 101 cm³/mol. The molecule has 5 heteroatoms. The van der Waals surface area contributed by atoms with Crippen LogP contribution in [0, 0.1) is 13.8 Å². The van der Waals surface area contributed by atoms with Crippen LogP contribution in [0.4, 0.5) is 5.00 Å². The number of carbonyl (C=O) groups excluding carboxylic acids is 2. The van der Waals surface area contributed by atoms with Gasteiger partial charge in [-0.05, 0) is 63.6 Å². The van der Waals surface area contributed by atoms with E-state index in [-0.39, 0.29) is 11.9 Å². The molecule has 1 N–H and O–H groups in total. The maximum Gasteiger partial charge on any atom is 0.341 e. The van der Waals surface area contributed by atoms with Gasteiger partial charge < -0.3 is 10.1 Å². The number of hydrogen-bond acceptors (Lipinski definition) is 4. The first-order valence-electron chi connectivity index (χ1n) is 8.71. The lowest BCUT2D eigenvalue weighted by atomic mass is 9.95. The lowest BCUT2D eigenvalue weighted by Gasteiger charge is -2.12. The molecule has 0 saturated carbocycles. The Labute approximate surface area is 152 Å². The number of benzene rings is 1. The number of thiophene rings is 1. The summed E-state index contributed by atoms with van der Waals surface area (Å²) in [5, 5.41) is 3.58. The van der Waals surface area contributed by atoms with Gasteiger partial charge in [0.25, 0.3) is 5.91 Å². The highest BCUT2D eigenvalue weighted by Crippen LogP contribution is 2.38. The van der Waals surface area contributed by atoms with Gasteiger partial charge in [-0.25, -0.2) is 4.79 Å². The molecule has 0 spiro atoms. The molecule has 0 aliphatic heterocycles. The third kappa shape index (κ3) is 3.61. The van der Waals surface area contributed by atoms with Gasteiger partial charge in [-0.2, -0.15) is 0 Å². The molecule has 25 heavy (non-hydrogen) atoms. The molecule has 1 aromatic carbocycles. The van der Waals surface area contributed by atoms with Crippen molar-refractivity contribution < 1.29 is 14.3 Å². The lowest BCUT2D eigenvalue weighted by molar-refractivity contribution is 0.0526. The number of anilines is 1. The Morgan fingerprint density at radius 3 is 2.68 bits per heavy atom. The Balaban J connectivity index is 1.95. The van der Waals surface area contributed by atoms with Crippen LogP contribution in [-0.2, 0) is 17.6 Å². The van der Waals surface area contributed by atoms with E-state index in [2.05, 4.69) is 5.32 Å². The molecule has 1 aliphatic carbocycles. The third-order valence-corrected chi connectivity index (χ3v) is 5.71. The summed E-state index contributed by atoms with van der Waals surface area (Å²) in [6.07, 6.45) is 4.03. The van der Waals surface area contributed by atoms with Gasteiger partial charge in [-0.15, -0.1) is 11.3 Å². The molecular formula is C20H23NO3S. The van der Waals surface area contributed by atoms with E-state index in [1.54, 1.807) is 6.92 Å². The predicted octanol–water partition coefficient (Wildman–Crippen LogP) is 4.67. The van der Waals surface area contributed by atoms with E-state index >= 15 is 0 Å². The number of ether oxygens (including phenoxy) is 1. The largest absolute Gasteiger partial charge is 0.462 e. The van der Waals surface area contributed by atoms with Crippen LogP contribution < -0.4 is 5.32 Å². The minimum atomic E-state index is -0.335. The first-order valence-corrected chi connectivity index (χ1v) is 9.53. The molecule has 1 amide bonds. The first-order chi connectivity index (χ1) is 12.0. The topological polar surface area (TPSA) is 55.4 Å². The van der Waals surface area contributed by atoms with Crippen LogP contribution in [0.2, 0.25) is 0 Å². The van der Waals surface area contributed by atoms with Crippen molar-refractivity contribution >= 4 is 28.2 Å². The fraction of sp³-hybridized carbons (Fsp3) is 0.400. The Hall–Kier alpha value is -2.14. The van der Waals surface area contributed by atoms with E-state index in [0.29, 0.717) is 22.7 Å². The van der Waals surface area contributed by atoms with E-state index < -0.39 is 0 Å². The average molecular weight is 357 g/mol.